The highest BCUT2D eigenvalue weighted by molar-refractivity contribution is 5.75. The molecule has 0 aromatic rings. The zero-order chi connectivity index (χ0) is 9.94. The van der Waals surface area contributed by atoms with Crippen LogP contribution in [0.15, 0.2) is 0 Å². The average Bonchev–Trinajstić information content (AvgIpc) is 2.09. The minimum atomic E-state index is 0.272. The van der Waals surface area contributed by atoms with Crippen molar-refractivity contribution in [3.63, 3.8) is 0 Å². The van der Waals surface area contributed by atoms with Gasteiger partial charge in [0.2, 0.25) is 0 Å². The Hall–Kier alpha value is -0.810. The van der Waals surface area contributed by atoms with Crippen molar-refractivity contribution >= 4 is 5.78 Å². The van der Waals surface area contributed by atoms with E-state index >= 15 is 0 Å². The summed E-state index contributed by atoms with van der Waals surface area (Å²) in [6.45, 7) is 3.59. The summed E-state index contributed by atoms with van der Waals surface area (Å²) in [6.07, 6.45) is 9.85. The van der Waals surface area contributed by atoms with Gasteiger partial charge in [-0.1, -0.05) is 0 Å². The van der Waals surface area contributed by atoms with E-state index < -0.39 is 0 Å². The Balaban J connectivity index is 2.92. The molecule has 0 unspecified atom stereocenters. The second kappa shape index (κ2) is 9.28. The number of ketones is 1. The van der Waals surface area contributed by atoms with E-state index in [1.165, 1.54) is 0 Å². The molecule has 0 saturated carbocycles. The van der Waals surface area contributed by atoms with Crippen molar-refractivity contribution in [2.45, 2.75) is 39.0 Å². The van der Waals surface area contributed by atoms with E-state index in [0.29, 0.717) is 6.42 Å². The van der Waals surface area contributed by atoms with E-state index in [0.717, 1.165) is 38.8 Å². The fourth-order valence-corrected chi connectivity index (χ4v) is 1.06. The molecule has 0 saturated heterocycles. The zero-order valence-corrected chi connectivity index (χ0v) is 8.44. The van der Waals surface area contributed by atoms with Crippen LogP contribution in [0.4, 0.5) is 0 Å². The third-order valence-electron chi connectivity index (χ3n) is 1.81. The van der Waals surface area contributed by atoms with Crippen LogP contribution in [0.1, 0.15) is 39.0 Å². The Kier molecular flexibility index (Phi) is 8.70. The van der Waals surface area contributed by atoms with Crippen LogP contribution in [0.25, 0.3) is 0 Å². The standard InChI is InChI=1S/C11H19NO/c1-3-4-5-6-9-12-10-7-8-11(2)13/h1,12H,4-10H2,2H3. The lowest BCUT2D eigenvalue weighted by molar-refractivity contribution is -0.117. The Bertz CT molecular complexity index is 169. The summed E-state index contributed by atoms with van der Waals surface area (Å²) in [7, 11) is 0. The van der Waals surface area contributed by atoms with Crippen LogP contribution in [0, 0.1) is 12.3 Å². The minimum absolute atomic E-state index is 0.272. The summed E-state index contributed by atoms with van der Waals surface area (Å²) < 4.78 is 0. The molecular weight excluding hydrogens is 162 g/mol. The third-order valence-corrected chi connectivity index (χ3v) is 1.81. The molecule has 0 aliphatic carbocycles. The molecule has 0 aromatic carbocycles. The first-order valence-corrected chi connectivity index (χ1v) is 4.91. The van der Waals surface area contributed by atoms with Gasteiger partial charge in [-0.25, -0.2) is 0 Å². The van der Waals surface area contributed by atoms with Crippen LogP contribution < -0.4 is 5.32 Å². The normalized spacial score (nSPS) is 9.54. The summed E-state index contributed by atoms with van der Waals surface area (Å²) in [5.41, 5.74) is 0. The number of hydrogen-bond donors (Lipinski definition) is 1. The van der Waals surface area contributed by atoms with E-state index in [4.69, 9.17) is 6.42 Å². The number of terminal acetylenes is 1. The van der Waals surface area contributed by atoms with Crippen molar-refractivity contribution in [1.29, 1.82) is 0 Å². The topological polar surface area (TPSA) is 29.1 Å². The van der Waals surface area contributed by atoms with Crippen LogP contribution in [-0.4, -0.2) is 18.9 Å². The Morgan fingerprint density at radius 2 is 2.00 bits per heavy atom. The van der Waals surface area contributed by atoms with E-state index in [9.17, 15) is 4.79 Å². The van der Waals surface area contributed by atoms with Crippen LogP contribution in [0.3, 0.4) is 0 Å². The van der Waals surface area contributed by atoms with Crippen LogP contribution >= 0.6 is 0 Å². The van der Waals surface area contributed by atoms with Gasteiger partial charge < -0.3 is 10.1 Å². The highest BCUT2D eigenvalue weighted by Gasteiger charge is 1.92. The molecule has 0 bridgehead atoms. The molecule has 0 aliphatic heterocycles. The number of unbranched alkanes of at least 4 members (excludes halogenated alkanes) is 2. The maximum absolute atomic E-state index is 10.6. The van der Waals surface area contributed by atoms with Crippen LogP contribution in [0.2, 0.25) is 0 Å². The summed E-state index contributed by atoms with van der Waals surface area (Å²) in [5.74, 6) is 2.88. The molecule has 0 aliphatic rings. The van der Waals surface area contributed by atoms with Gasteiger partial charge in [0.25, 0.3) is 0 Å². The van der Waals surface area contributed by atoms with Crippen molar-refractivity contribution in [1.82, 2.24) is 5.32 Å². The number of nitrogens with one attached hydrogen (secondary N) is 1. The summed E-state index contributed by atoms with van der Waals surface area (Å²) in [5, 5.41) is 3.28. The van der Waals surface area contributed by atoms with Gasteiger partial charge in [0.05, 0.1) is 0 Å². The Morgan fingerprint density at radius 3 is 2.62 bits per heavy atom. The highest BCUT2D eigenvalue weighted by Crippen LogP contribution is 1.92. The van der Waals surface area contributed by atoms with Crippen molar-refractivity contribution in [2.24, 2.45) is 0 Å². The molecule has 0 fully saturated rings. The number of carbonyl (C=O) groups excluding carboxylic acids is 1. The molecule has 0 spiro atoms. The van der Waals surface area contributed by atoms with Gasteiger partial charge in [-0.3, -0.25) is 0 Å². The molecule has 0 radical (unpaired) electrons. The van der Waals surface area contributed by atoms with Crippen molar-refractivity contribution in [3.8, 4) is 12.3 Å². The van der Waals surface area contributed by atoms with E-state index in [2.05, 4.69) is 11.2 Å². The largest absolute Gasteiger partial charge is 0.317 e. The molecule has 0 amide bonds. The lowest BCUT2D eigenvalue weighted by Crippen LogP contribution is -2.17. The zero-order valence-electron chi connectivity index (χ0n) is 8.44. The second-order valence-electron chi connectivity index (χ2n) is 3.22. The first-order valence-electron chi connectivity index (χ1n) is 4.91. The minimum Gasteiger partial charge on any atom is -0.317 e. The number of Topliss-reactive ketones (excluding diaryl/α,β-unsaturated/α-hetero) is 1. The number of hydrogen-bond acceptors (Lipinski definition) is 2. The molecule has 2 nitrogen and oxygen atoms in total. The van der Waals surface area contributed by atoms with Crippen LogP contribution in [-0.2, 0) is 4.79 Å². The lowest BCUT2D eigenvalue weighted by Gasteiger charge is -2.01. The van der Waals surface area contributed by atoms with E-state index in [-0.39, 0.29) is 5.78 Å². The fraction of sp³-hybridized carbons (Fsp3) is 0.727. The van der Waals surface area contributed by atoms with Crippen LogP contribution in [0.5, 0.6) is 0 Å². The van der Waals surface area contributed by atoms with Crippen molar-refractivity contribution in [3.05, 3.63) is 0 Å². The quantitative estimate of drug-likeness (QED) is 0.456. The first-order chi connectivity index (χ1) is 6.27. The first kappa shape index (κ1) is 12.2. The molecule has 0 rings (SSSR count). The summed E-state index contributed by atoms with van der Waals surface area (Å²) in [6, 6.07) is 0. The van der Waals surface area contributed by atoms with Gasteiger partial charge in [0.15, 0.2) is 0 Å². The maximum Gasteiger partial charge on any atom is 0.129 e. The molecule has 74 valence electrons. The molecular formula is C11H19NO. The van der Waals surface area contributed by atoms with Gasteiger partial charge in [-0.05, 0) is 39.3 Å². The van der Waals surface area contributed by atoms with Gasteiger partial charge in [-0.2, -0.15) is 0 Å². The van der Waals surface area contributed by atoms with Crippen molar-refractivity contribution < 1.29 is 4.79 Å². The van der Waals surface area contributed by atoms with Gasteiger partial charge in [-0.15, -0.1) is 12.3 Å². The molecule has 2 heteroatoms. The predicted octanol–water partition coefficient (Wildman–Crippen LogP) is 1.75. The SMILES string of the molecule is C#CCCCCNCCCC(C)=O. The van der Waals surface area contributed by atoms with Gasteiger partial charge in [0, 0.05) is 12.8 Å². The second-order valence-corrected chi connectivity index (χ2v) is 3.22. The predicted molar refractivity (Wildman–Crippen MR) is 55.5 cm³/mol. The Morgan fingerprint density at radius 1 is 1.31 bits per heavy atom. The van der Waals surface area contributed by atoms with Gasteiger partial charge in [0.1, 0.15) is 5.78 Å². The molecule has 0 atom stereocenters. The lowest BCUT2D eigenvalue weighted by atomic mass is 10.2. The molecule has 0 aromatic heterocycles. The van der Waals surface area contributed by atoms with E-state index in [1.54, 1.807) is 6.92 Å². The number of rotatable bonds is 8. The molecule has 1 N–H and O–H groups in total. The average molecular weight is 181 g/mol. The van der Waals surface area contributed by atoms with E-state index in [1.807, 2.05) is 0 Å². The monoisotopic (exact) mass is 181 g/mol. The fourth-order valence-electron chi connectivity index (χ4n) is 1.06. The third kappa shape index (κ3) is 11.2. The number of carbonyl (C=O) groups is 1. The van der Waals surface area contributed by atoms with Gasteiger partial charge >= 0.3 is 0 Å². The van der Waals surface area contributed by atoms with Crippen molar-refractivity contribution in [2.75, 3.05) is 13.1 Å². The molecule has 0 heterocycles. The summed E-state index contributed by atoms with van der Waals surface area (Å²) >= 11 is 0. The highest BCUT2D eigenvalue weighted by atomic mass is 16.1. The summed E-state index contributed by atoms with van der Waals surface area (Å²) in [4.78, 5) is 10.6. The Labute approximate surface area is 81.1 Å². The smallest absolute Gasteiger partial charge is 0.129 e. The maximum atomic E-state index is 10.6. The molecule has 13 heavy (non-hydrogen) atoms.